The maximum Gasteiger partial charge on any atom is 0.255 e. The predicted octanol–water partition coefficient (Wildman–Crippen LogP) is 1.99. The summed E-state index contributed by atoms with van der Waals surface area (Å²) < 4.78 is 3.89. The lowest BCUT2D eigenvalue weighted by Gasteiger charge is -2.11. The monoisotopic (exact) mass is 289 g/mol. The molecule has 0 aliphatic rings. The fourth-order valence-electron chi connectivity index (χ4n) is 2.31. The lowest BCUT2D eigenvalue weighted by atomic mass is 10.2. The first-order valence-electron chi connectivity index (χ1n) is 7.32. The second-order valence-corrected chi connectivity index (χ2v) is 5.57. The summed E-state index contributed by atoms with van der Waals surface area (Å²) in [7, 11) is 0. The maximum atomic E-state index is 12.2. The van der Waals surface area contributed by atoms with Gasteiger partial charge in [-0.3, -0.25) is 9.48 Å². The first kappa shape index (κ1) is 15.3. The molecule has 2 heterocycles. The molecule has 6 heteroatoms. The Balaban J connectivity index is 2.01. The van der Waals surface area contributed by atoms with Gasteiger partial charge in [-0.25, -0.2) is 4.98 Å². The molecule has 0 aliphatic heterocycles. The van der Waals surface area contributed by atoms with Crippen LogP contribution in [0, 0.1) is 12.8 Å². The van der Waals surface area contributed by atoms with E-state index in [1.54, 1.807) is 12.4 Å². The molecule has 2 rings (SSSR count). The summed E-state index contributed by atoms with van der Waals surface area (Å²) in [6.45, 7) is 10.4. The molecule has 0 aromatic carbocycles. The summed E-state index contributed by atoms with van der Waals surface area (Å²) in [5, 5.41) is 7.14. The van der Waals surface area contributed by atoms with Gasteiger partial charge in [0.05, 0.1) is 30.3 Å². The van der Waals surface area contributed by atoms with Gasteiger partial charge in [-0.1, -0.05) is 13.8 Å². The van der Waals surface area contributed by atoms with Crippen LogP contribution in [0.2, 0.25) is 0 Å². The molecule has 0 unspecified atom stereocenters. The van der Waals surface area contributed by atoms with E-state index in [9.17, 15) is 4.79 Å². The molecule has 0 atom stereocenters. The van der Waals surface area contributed by atoms with Crippen LogP contribution < -0.4 is 5.32 Å². The van der Waals surface area contributed by atoms with Gasteiger partial charge < -0.3 is 9.88 Å². The number of carbonyl (C=O) groups is 1. The van der Waals surface area contributed by atoms with E-state index >= 15 is 0 Å². The first-order valence-corrected chi connectivity index (χ1v) is 7.32. The Morgan fingerprint density at radius 1 is 1.38 bits per heavy atom. The Kier molecular flexibility index (Phi) is 4.77. The summed E-state index contributed by atoms with van der Waals surface area (Å²) in [6.07, 6.45) is 5.23. The number of amides is 1. The van der Waals surface area contributed by atoms with Crippen LogP contribution >= 0.6 is 0 Å². The number of hydrogen-bond acceptors (Lipinski definition) is 3. The smallest absolute Gasteiger partial charge is 0.255 e. The van der Waals surface area contributed by atoms with Gasteiger partial charge in [0.15, 0.2) is 0 Å². The molecule has 21 heavy (non-hydrogen) atoms. The SMILES string of the molecule is CCn1ncc(C(=O)NCc2cncn2CC(C)C)c1C. The number of hydrogen-bond donors (Lipinski definition) is 1. The van der Waals surface area contributed by atoms with Crippen molar-refractivity contribution in [2.45, 2.75) is 47.3 Å². The molecule has 2 aromatic rings. The van der Waals surface area contributed by atoms with Crippen molar-refractivity contribution in [3.8, 4) is 0 Å². The van der Waals surface area contributed by atoms with Crippen molar-refractivity contribution in [3.05, 3.63) is 35.7 Å². The molecule has 2 aromatic heterocycles. The fraction of sp³-hybridized carbons (Fsp3) is 0.533. The van der Waals surface area contributed by atoms with E-state index in [-0.39, 0.29) is 5.91 Å². The molecule has 1 amide bonds. The van der Waals surface area contributed by atoms with Crippen LogP contribution in [0.25, 0.3) is 0 Å². The van der Waals surface area contributed by atoms with Gasteiger partial charge in [0.1, 0.15) is 0 Å². The lowest BCUT2D eigenvalue weighted by Crippen LogP contribution is -2.25. The number of nitrogens with one attached hydrogen (secondary N) is 1. The molecule has 0 aliphatic carbocycles. The van der Waals surface area contributed by atoms with Crippen molar-refractivity contribution >= 4 is 5.91 Å². The third kappa shape index (κ3) is 3.51. The van der Waals surface area contributed by atoms with Crippen molar-refractivity contribution in [2.24, 2.45) is 5.92 Å². The molecular weight excluding hydrogens is 266 g/mol. The quantitative estimate of drug-likeness (QED) is 0.884. The molecule has 0 fully saturated rings. The van der Waals surface area contributed by atoms with Gasteiger partial charge in [0.25, 0.3) is 5.91 Å². The Bertz CT molecular complexity index is 611. The summed E-state index contributed by atoms with van der Waals surface area (Å²) in [5.74, 6) is 0.447. The highest BCUT2D eigenvalue weighted by Crippen LogP contribution is 2.08. The molecule has 0 saturated heterocycles. The summed E-state index contributed by atoms with van der Waals surface area (Å²) in [5.41, 5.74) is 2.54. The zero-order chi connectivity index (χ0) is 15.4. The summed E-state index contributed by atoms with van der Waals surface area (Å²) >= 11 is 0. The Hall–Kier alpha value is -2.11. The number of aryl methyl sites for hydroxylation is 1. The number of carbonyl (C=O) groups excluding carboxylic acids is 1. The molecule has 114 valence electrons. The van der Waals surface area contributed by atoms with Crippen molar-refractivity contribution in [1.82, 2.24) is 24.6 Å². The van der Waals surface area contributed by atoms with Crippen LogP contribution in [-0.2, 0) is 19.6 Å². The van der Waals surface area contributed by atoms with E-state index in [0.29, 0.717) is 18.0 Å². The zero-order valence-corrected chi connectivity index (χ0v) is 13.1. The standard InChI is InChI=1S/C15H23N5O/c1-5-20-12(4)14(8-18-20)15(21)17-7-13-6-16-10-19(13)9-11(2)3/h6,8,10-11H,5,7,9H2,1-4H3,(H,17,21). The van der Waals surface area contributed by atoms with Gasteiger partial charge in [-0.2, -0.15) is 5.10 Å². The molecule has 0 saturated carbocycles. The zero-order valence-electron chi connectivity index (χ0n) is 13.1. The van der Waals surface area contributed by atoms with Gasteiger partial charge in [0.2, 0.25) is 0 Å². The van der Waals surface area contributed by atoms with E-state index < -0.39 is 0 Å². The highest BCUT2D eigenvalue weighted by atomic mass is 16.1. The van der Waals surface area contributed by atoms with Gasteiger partial charge in [-0.15, -0.1) is 0 Å². The average Bonchev–Trinajstić information content (AvgIpc) is 3.02. The second kappa shape index (κ2) is 6.56. The topological polar surface area (TPSA) is 64.7 Å². The Morgan fingerprint density at radius 3 is 2.76 bits per heavy atom. The average molecular weight is 289 g/mol. The van der Waals surface area contributed by atoms with Crippen LogP contribution in [0.15, 0.2) is 18.7 Å². The second-order valence-electron chi connectivity index (χ2n) is 5.57. The van der Waals surface area contributed by atoms with Crippen molar-refractivity contribution in [2.75, 3.05) is 0 Å². The highest BCUT2D eigenvalue weighted by Gasteiger charge is 2.14. The molecule has 0 bridgehead atoms. The van der Waals surface area contributed by atoms with Gasteiger partial charge in [-0.05, 0) is 19.8 Å². The number of aromatic nitrogens is 4. The molecule has 1 N–H and O–H groups in total. The van der Waals surface area contributed by atoms with Crippen LogP contribution in [0.1, 0.15) is 42.5 Å². The third-order valence-electron chi connectivity index (χ3n) is 3.44. The molecule has 6 nitrogen and oxygen atoms in total. The van der Waals surface area contributed by atoms with E-state index in [1.807, 2.05) is 24.9 Å². The highest BCUT2D eigenvalue weighted by molar-refractivity contribution is 5.94. The first-order chi connectivity index (χ1) is 10.0. The van der Waals surface area contributed by atoms with Gasteiger partial charge in [0, 0.05) is 25.0 Å². The van der Waals surface area contributed by atoms with Crippen LogP contribution in [0.4, 0.5) is 0 Å². The van der Waals surface area contributed by atoms with Gasteiger partial charge >= 0.3 is 0 Å². The van der Waals surface area contributed by atoms with E-state index in [4.69, 9.17) is 0 Å². The number of nitrogens with zero attached hydrogens (tertiary/aromatic N) is 4. The Morgan fingerprint density at radius 2 is 2.14 bits per heavy atom. The minimum absolute atomic E-state index is 0.0931. The minimum Gasteiger partial charge on any atom is -0.346 e. The van der Waals surface area contributed by atoms with E-state index in [1.165, 1.54) is 0 Å². The fourth-order valence-corrected chi connectivity index (χ4v) is 2.31. The van der Waals surface area contributed by atoms with Crippen molar-refractivity contribution in [3.63, 3.8) is 0 Å². The summed E-state index contributed by atoms with van der Waals surface area (Å²) in [4.78, 5) is 16.4. The third-order valence-corrected chi connectivity index (χ3v) is 3.44. The molecule has 0 spiro atoms. The summed E-state index contributed by atoms with van der Waals surface area (Å²) in [6, 6.07) is 0. The van der Waals surface area contributed by atoms with Crippen LogP contribution in [-0.4, -0.2) is 25.2 Å². The van der Waals surface area contributed by atoms with E-state index in [2.05, 4.69) is 33.8 Å². The molecule has 0 radical (unpaired) electrons. The van der Waals surface area contributed by atoms with Crippen molar-refractivity contribution in [1.29, 1.82) is 0 Å². The van der Waals surface area contributed by atoms with E-state index in [0.717, 1.165) is 24.5 Å². The normalized spacial score (nSPS) is 11.1. The maximum absolute atomic E-state index is 12.2. The number of rotatable bonds is 6. The van der Waals surface area contributed by atoms with Crippen LogP contribution in [0.3, 0.4) is 0 Å². The van der Waals surface area contributed by atoms with Crippen molar-refractivity contribution < 1.29 is 4.79 Å². The lowest BCUT2D eigenvalue weighted by molar-refractivity contribution is 0.0949. The largest absolute Gasteiger partial charge is 0.346 e. The number of imidazole rings is 1. The predicted molar refractivity (Wildman–Crippen MR) is 80.9 cm³/mol. The minimum atomic E-state index is -0.0931. The van der Waals surface area contributed by atoms with Crippen LogP contribution in [0.5, 0.6) is 0 Å². The Labute approximate surface area is 125 Å². The molecular formula is C15H23N5O.